The van der Waals surface area contributed by atoms with Gasteiger partial charge < -0.3 is 5.73 Å². The summed E-state index contributed by atoms with van der Waals surface area (Å²) in [6, 6.07) is 7.61. The number of nitrogens with zero attached hydrogens (tertiary/aromatic N) is 3. The highest BCUT2D eigenvalue weighted by atomic mass is 35.5. The molecular weight excluding hydrogens is 358 g/mol. The topological polar surface area (TPSA) is 67.7 Å². The standard InChI is InChI=1S/C13H10ClN5S3/c14-8-1-3-9(4-2-8)22-11-10(7-16-18-12(15)20)19-5-6-21-13(19)17-11/h1-7H,(H3,15,18,20). The summed E-state index contributed by atoms with van der Waals surface area (Å²) in [5.74, 6) is 0. The molecule has 0 aliphatic rings. The summed E-state index contributed by atoms with van der Waals surface area (Å²) in [7, 11) is 0. The van der Waals surface area contributed by atoms with Crippen molar-refractivity contribution in [3.8, 4) is 0 Å². The van der Waals surface area contributed by atoms with Crippen LogP contribution in [-0.4, -0.2) is 20.7 Å². The fourth-order valence-corrected chi connectivity index (χ4v) is 3.59. The third kappa shape index (κ3) is 3.41. The number of hydrogen-bond acceptors (Lipinski definition) is 5. The summed E-state index contributed by atoms with van der Waals surface area (Å²) in [6.45, 7) is 0. The summed E-state index contributed by atoms with van der Waals surface area (Å²) in [5.41, 5.74) is 8.78. The highest BCUT2D eigenvalue weighted by Gasteiger charge is 2.13. The number of nitrogens with one attached hydrogen (secondary N) is 1. The molecule has 3 rings (SSSR count). The number of fused-ring (bicyclic) bond motifs is 1. The highest BCUT2D eigenvalue weighted by Crippen LogP contribution is 2.31. The van der Waals surface area contributed by atoms with Gasteiger partial charge in [-0.1, -0.05) is 23.4 Å². The van der Waals surface area contributed by atoms with Crippen molar-refractivity contribution in [3.63, 3.8) is 0 Å². The van der Waals surface area contributed by atoms with E-state index in [-0.39, 0.29) is 5.11 Å². The van der Waals surface area contributed by atoms with E-state index < -0.39 is 0 Å². The van der Waals surface area contributed by atoms with Gasteiger partial charge in [-0.2, -0.15) is 5.10 Å². The monoisotopic (exact) mass is 367 g/mol. The van der Waals surface area contributed by atoms with E-state index in [4.69, 9.17) is 29.6 Å². The Kier molecular flexibility index (Phi) is 4.63. The second kappa shape index (κ2) is 6.66. The van der Waals surface area contributed by atoms with Crippen molar-refractivity contribution in [3.05, 3.63) is 46.6 Å². The normalized spacial score (nSPS) is 11.3. The molecule has 3 N–H and O–H groups in total. The first-order valence-electron chi connectivity index (χ1n) is 6.11. The van der Waals surface area contributed by atoms with E-state index in [0.29, 0.717) is 5.02 Å². The van der Waals surface area contributed by atoms with Gasteiger partial charge in [0.2, 0.25) is 0 Å². The van der Waals surface area contributed by atoms with E-state index in [1.54, 1.807) is 29.3 Å². The Morgan fingerprint density at radius 3 is 2.95 bits per heavy atom. The highest BCUT2D eigenvalue weighted by molar-refractivity contribution is 7.99. The molecule has 22 heavy (non-hydrogen) atoms. The lowest BCUT2D eigenvalue weighted by Gasteiger charge is -2.00. The van der Waals surface area contributed by atoms with Gasteiger partial charge >= 0.3 is 0 Å². The molecule has 9 heteroatoms. The summed E-state index contributed by atoms with van der Waals surface area (Å²) in [6.07, 6.45) is 3.60. The van der Waals surface area contributed by atoms with Crippen LogP contribution in [0, 0.1) is 0 Å². The van der Waals surface area contributed by atoms with Crippen LogP contribution < -0.4 is 11.2 Å². The molecule has 2 aromatic heterocycles. The van der Waals surface area contributed by atoms with Gasteiger partial charge in [-0.05, 0) is 36.5 Å². The van der Waals surface area contributed by atoms with Crippen molar-refractivity contribution in [1.82, 2.24) is 14.8 Å². The number of imidazole rings is 1. The molecule has 0 radical (unpaired) electrons. The minimum Gasteiger partial charge on any atom is -0.375 e. The molecule has 1 aromatic carbocycles. The Balaban J connectivity index is 1.94. The van der Waals surface area contributed by atoms with Crippen LogP contribution in [-0.2, 0) is 0 Å². The van der Waals surface area contributed by atoms with Crippen LogP contribution in [0.15, 0.2) is 50.9 Å². The first-order chi connectivity index (χ1) is 10.6. The van der Waals surface area contributed by atoms with Crippen molar-refractivity contribution >= 4 is 63.2 Å². The Hall–Kier alpha value is -1.61. The number of benzene rings is 1. The average Bonchev–Trinajstić information content (AvgIpc) is 3.04. The van der Waals surface area contributed by atoms with Crippen molar-refractivity contribution in [2.75, 3.05) is 0 Å². The second-order valence-electron chi connectivity index (χ2n) is 4.15. The van der Waals surface area contributed by atoms with E-state index in [1.807, 2.05) is 40.2 Å². The maximum absolute atomic E-state index is 5.91. The first kappa shape index (κ1) is 15.3. The number of thiazole rings is 1. The van der Waals surface area contributed by atoms with Crippen molar-refractivity contribution in [1.29, 1.82) is 0 Å². The zero-order chi connectivity index (χ0) is 15.5. The molecule has 0 atom stereocenters. The fraction of sp³-hybridized carbons (Fsp3) is 0. The molecule has 2 heterocycles. The van der Waals surface area contributed by atoms with E-state index in [9.17, 15) is 0 Å². The van der Waals surface area contributed by atoms with Gasteiger partial charge in [0.15, 0.2) is 10.1 Å². The number of nitrogens with two attached hydrogens (primary N) is 1. The number of hydrogen-bond donors (Lipinski definition) is 2. The molecular formula is C13H10ClN5S3. The Bertz CT molecular complexity index is 837. The molecule has 0 spiro atoms. The average molecular weight is 368 g/mol. The minimum atomic E-state index is 0.120. The number of aromatic nitrogens is 2. The molecule has 0 aliphatic heterocycles. The Morgan fingerprint density at radius 1 is 1.45 bits per heavy atom. The quantitative estimate of drug-likeness (QED) is 0.420. The molecule has 0 saturated heterocycles. The lowest BCUT2D eigenvalue weighted by Crippen LogP contribution is -2.24. The first-order valence-corrected chi connectivity index (χ1v) is 8.59. The number of rotatable bonds is 4. The molecule has 5 nitrogen and oxygen atoms in total. The van der Waals surface area contributed by atoms with Crippen molar-refractivity contribution < 1.29 is 0 Å². The number of halogens is 1. The minimum absolute atomic E-state index is 0.120. The molecule has 112 valence electrons. The summed E-state index contributed by atoms with van der Waals surface area (Å²) >= 11 is 13.7. The SMILES string of the molecule is NC(=S)NN=Cc1c(Sc2ccc(Cl)cc2)nc2sccn12. The van der Waals surface area contributed by atoms with E-state index in [0.717, 1.165) is 20.6 Å². The molecule has 0 fully saturated rings. The van der Waals surface area contributed by atoms with Gasteiger partial charge in [-0.15, -0.1) is 11.3 Å². The van der Waals surface area contributed by atoms with E-state index in [1.165, 1.54) is 0 Å². The zero-order valence-electron chi connectivity index (χ0n) is 11.1. The lowest BCUT2D eigenvalue weighted by molar-refractivity contribution is 1.03. The van der Waals surface area contributed by atoms with Gasteiger partial charge in [-0.25, -0.2) is 4.98 Å². The number of hydrazone groups is 1. The summed E-state index contributed by atoms with van der Waals surface area (Å²) in [5, 5.41) is 7.67. The van der Waals surface area contributed by atoms with Gasteiger partial charge in [0.1, 0.15) is 10.7 Å². The third-order valence-electron chi connectivity index (χ3n) is 2.66. The number of thiocarbonyl (C=S) groups is 1. The zero-order valence-corrected chi connectivity index (χ0v) is 14.3. The van der Waals surface area contributed by atoms with Crippen LogP contribution in [0.3, 0.4) is 0 Å². The van der Waals surface area contributed by atoms with Gasteiger partial charge in [0.25, 0.3) is 0 Å². The smallest absolute Gasteiger partial charge is 0.195 e. The molecule has 0 bridgehead atoms. The van der Waals surface area contributed by atoms with Crippen LogP contribution in [0.2, 0.25) is 5.02 Å². The summed E-state index contributed by atoms with van der Waals surface area (Å²) in [4.78, 5) is 6.56. The van der Waals surface area contributed by atoms with Crippen LogP contribution in [0.1, 0.15) is 5.69 Å². The van der Waals surface area contributed by atoms with Gasteiger partial charge in [-0.3, -0.25) is 9.83 Å². The lowest BCUT2D eigenvalue weighted by atomic mass is 10.4. The van der Waals surface area contributed by atoms with E-state index in [2.05, 4.69) is 15.5 Å². The van der Waals surface area contributed by atoms with Crippen molar-refractivity contribution in [2.45, 2.75) is 9.92 Å². The van der Waals surface area contributed by atoms with Crippen molar-refractivity contribution in [2.24, 2.45) is 10.8 Å². The van der Waals surface area contributed by atoms with Crippen LogP contribution in [0.25, 0.3) is 4.96 Å². The van der Waals surface area contributed by atoms with Crippen LogP contribution in [0.4, 0.5) is 0 Å². The van der Waals surface area contributed by atoms with E-state index >= 15 is 0 Å². The third-order valence-corrected chi connectivity index (χ3v) is 4.76. The molecule has 0 unspecified atom stereocenters. The van der Waals surface area contributed by atoms with Crippen LogP contribution >= 0.6 is 46.9 Å². The largest absolute Gasteiger partial charge is 0.375 e. The fourth-order valence-electron chi connectivity index (χ4n) is 1.75. The molecule has 3 aromatic rings. The van der Waals surface area contributed by atoms with Crippen LogP contribution in [0.5, 0.6) is 0 Å². The predicted molar refractivity (Wildman–Crippen MR) is 96.2 cm³/mol. The second-order valence-corrected chi connectivity index (χ2v) is 6.96. The maximum Gasteiger partial charge on any atom is 0.195 e. The molecule has 0 saturated carbocycles. The Morgan fingerprint density at radius 2 is 2.23 bits per heavy atom. The Labute approximate surface area is 145 Å². The molecule has 0 aliphatic carbocycles. The predicted octanol–water partition coefficient (Wildman–Crippen LogP) is 3.37. The maximum atomic E-state index is 5.91. The summed E-state index contributed by atoms with van der Waals surface area (Å²) < 4.78 is 1.97. The van der Waals surface area contributed by atoms with Gasteiger partial charge in [0, 0.05) is 21.5 Å². The van der Waals surface area contributed by atoms with Gasteiger partial charge in [0.05, 0.1) is 6.21 Å². The molecule has 0 amide bonds.